The second-order valence-corrected chi connectivity index (χ2v) is 5.58. The lowest BCUT2D eigenvalue weighted by atomic mass is 10.0. The Kier molecular flexibility index (Phi) is 3.24. The largest absolute Gasteiger partial charge is 0.395 e. The summed E-state index contributed by atoms with van der Waals surface area (Å²) in [5.41, 5.74) is 4.51. The first-order valence-corrected chi connectivity index (χ1v) is 7.59. The van der Waals surface area contributed by atoms with E-state index in [1.54, 1.807) is 4.90 Å². The zero-order valence-corrected chi connectivity index (χ0v) is 12.5. The highest BCUT2D eigenvalue weighted by atomic mass is 16.3. The van der Waals surface area contributed by atoms with Gasteiger partial charge in [0.1, 0.15) is 0 Å². The van der Waals surface area contributed by atoms with Gasteiger partial charge in [-0.15, -0.1) is 0 Å². The summed E-state index contributed by atoms with van der Waals surface area (Å²) in [6.45, 7) is 0.257. The van der Waals surface area contributed by atoms with Crippen LogP contribution in [0.25, 0.3) is 22.6 Å². The first-order valence-electron chi connectivity index (χ1n) is 7.59. The van der Waals surface area contributed by atoms with Crippen molar-refractivity contribution in [1.82, 2.24) is 4.98 Å². The number of carbonyl (C=O) groups is 1. The van der Waals surface area contributed by atoms with Crippen molar-refractivity contribution in [2.45, 2.75) is 0 Å². The molecule has 4 nitrogen and oxygen atoms in total. The van der Waals surface area contributed by atoms with Crippen LogP contribution in [0.4, 0.5) is 5.69 Å². The predicted octanol–water partition coefficient (Wildman–Crippen LogP) is 3.05. The molecule has 2 heterocycles. The van der Waals surface area contributed by atoms with Gasteiger partial charge in [0.05, 0.1) is 12.3 Å². The van der Waals surface area contributed by atoms with E-state index in [1.165, 1.54) is 0 Å². The zero-order valence-electron chi connectivity index (χ0n) is 12.5. The number of nitrogens with zero attached hydrogens (tertiary/aromatic N) is 1. The molecule has 0 spiro atoms. The van der Waals surface area contributed by atoms with Crippen molar-refractivity contribution in [3.63, 3.8) is 0 Å². The van der Waals surface area contributed by atoms with E-state index in [0.29, 0.717) is 12.1 Å². The van der Waals surface area contributed by atoms with Crippen LogP contribution >= 0.6 is 0 Å². The second-order valence-electron chi connectivity index (χ2n) is 5.58. The molecule has 0 radical (unpaired) electrons. The van der Waals surface area contributed by atoms with Gasteiger partial charge in [-0.2, -0.15) is 0 Å². The number of carbonyl (C=O) groups excluding carboxylic acids is 1. The Balaban J connectivity index is 1.82. The minimum Gasteiger partial charge on any atom is -0.395 e. The van der Waals surface area contributed by atoms with Crippen LogP contribution in [0.5, 0.6) is 0 Å². The molecule has 0 atom stereocenters. The van der Waals surface area contributed by atoms with Crippen molar-refractivity contribution >= 4 is 34.1 Å². The second kappa shape index (κ2) is 5.41. The molecule has 0 bridgehead atoms. The van der Waals surface area contributed by atoms with Crippen molar-refractivity contribution in [2.75, 3.05) is 18.1 Å². The molecule has 0 fully saturated rings. The third kappa shape index (κ3) is 2.24. The number of hydrogen-bond donors (Lipinski definition) is 2. The van der Waals surface area contributed by atoms with Gasteiger partial charge in [0.25, 0.3) is 5.91 Å². The molecule has 2 aromatic carbocycles. The van der Waals surface area contributed by atoms with Crippen LogP contribution in [-0.2, 0) is 4.79 Å². The monoisotopic (exact) mass is 304 g/mol. The van der Waals surface area contributed by atoms with Crippen LogP contribution < -0.4 is 4.90 Å². The number of hydrogen-bond acceptors (Lipinski definition) is 2. The smallest absolute Gasteiger partial charge is 0.259 e. The summed E-state index contributed by atoms with van der Waals surface area (Å²) in [6, 6.07) is 15.8. The van der Waals surface area contributed by atoms with Crippen LogP contribution in [-0.4, -0.2) is 29.1 Å². The molecular weight excluding hydrogens is 288 g/mol. The highest BCUT2D eigenvalue weighted by Gasteiger charge is 2.31. The van der Waals surface area contributed by atoms with E-state index < -0.39 is 0 Å². The Hall–Kier alpha value is -2.85. The van der Waals surface area contributed by atoms with Crippen molar-refractivity contribution < 1.29 is 9.90 Å². The summed E-state index contributed by atoms with van der Waals surface area (Å²) in [6.07, 6.45) is 3.82. The fourth-order valence-electron chi connectivity index (χ4n) is 3.10. The number of aliphatic hydroxyl groups is 1. The molecular formula is C19H16N2O2. The summed E-state index contributed by atoms with van der Waals surface area (Å²) in [7, 11) is 0. The number of rotatable bonds is 3. The van der Waals surface area contributed by atoms with Crippen LogP contribution in [0, 0.1) is 0 Å². The van der Waals surface area contributed by atoms with E-state index in [-0.39, 0.29) is 12.5 Å². The third-order valence-corrected chi connectivity index (χ3v) is 4.17. The molecule has 0 unspecified atom stereocenters. The lowest BCUT2D eigenvalue weighted by Gasteiger charge is -2.14. The van der Waals surface area contributed by atoms with Gasteiger partial charge in [0.15, 0.2) is 0 Å². The molecule has 0 saturated carbocycles. The normalized spacial score (nSPS) is 15.6. The molecule has 0 aliphatic carbocycles. The van der Waals surface area contributed by atoms with Gasteiger partial charge < -0.3 is 15.0 Å². The summed E-state index contributed by atoms with van der Waals surface area (Å²) in [4.78, 5) is 17.5. The summed E-state index contributed by atoms with van der Waals surface area (Å²) < 4.78 is 0. The average molecular weight is 304 g/mol. The van der Waals surface area contributed by atoms with E-state index >= 15 is 0 Å². The number of aromatic amines is 1. The first kappa shape index (κ1) is 13.8. The molecule has 4 rings (SSSR count). The number of nitrogens with one attached hydrogen (secondary N) is 1. The topological polar surface area (TPSA) is 56.3 Å². The standard InChI is InChI=1S/C19H16N2O2/c22-10-9-21-18-4-2-1-3-15(18)16(19(21)23)12-13-5-6-17-14(11-13)7-8-20-17/h1-8,11-12,20,22H,9-10H2. The van der Waals surface area contributed by atoms with Crippen LogP contribution in [0.1, 0.15) is 11.1 Å². The number of anilines is 1. The summed E-state index contributed by atoms with van der Waals surface area (Å²) >= 11 is 0. The highest BCUT2D eigenvalue weighted by molar-refractivity contribution is 6.35. The quantitative estimate of drug-likeness (QED) is 0.731. The molecule has 23 heavy (non-hydrogen) atoms. The van der Waals surface area contributed by atoms with E-state index in [1.807, 2.05) is 54.7 Å². The van der Waals surface area contributed by atoms with Gasteiger partial charge in [-0.3, -0.25) is 4.79 Å². The highest BCUT2D eigenvalue weighted by Crippen LogP contribution is 2.37. The van der Waals surface area contributed by atoms with E-state index in [0.717, 1.165) is 27.7 Å². The van der Waals surface area contributed by atoms with Gasteiger partial charge in [-0.1, -0.05) is 24.3 Å². The number of benzene rings is 2. The van der Waals surface area contributed by atoms with Crippen molar-refractivity contribution in [1.29, 1.82) is 0 Å². The Morgan fingerprint density at radius 2 is 2.00 bits per heavy atom. The Labute approximate surface area is 133 Å². The average Bonchev–Trinajstić information content (AvgIpc) is 3.13. The number of H-pyrrole nitrogens is 1. The molecule has 1 aliphatic rings. The van der Waals surface area contributed by atoms with Crippen LogP contribution in [0.15, 0.2) is 54.7 Å². The number of para-hydroxylation sites is 1. The molecule has 2 N–H and O–H groups in total. The molecule has 0 saturated heterocycles. The zero-order chi connectivity index (χ0) is 15.8. The molecule has 114 valence electrons. The van der Waals surface area contributed by atoms with Crippen LogP contribution in [0.3, 0.4) is 0 Å². The number of aromatic nitrogens is 1. The minimum absolute atomic E-state index is 0.0529. The van der Waals surface area contributed by atoms with E-state index in [2.05, 4.69) is 11.1 Å². The number of fused-ring (bicyclic) bond motifs is 2. The van der Waals surface area contributed by atoms with Gasteiger partial charge in [-0.25, -0.2) is 0 Å². The fraction of sp³-hybridized carbons (Fsp3) is 0.105. The number of aliphatic hydroxyl groups excluding tert-OH is 1. The molecule has 1 aliphatic heterocycles. The maximum atomic E-state index is 12.7. The van der Waals surface area contributed by atoms with Crippen LogP contribution in [0.2, 0.25) is 0 Å². The van der Waals surface area contributed by atoms with Crippen molar-refractivity contribution in [2.24, 2.45) is 0 Å². The Bertz CT molecular complexity index is 924. The van der Waals surface area contributed by atoms with Gasteiger partial charge >= 0.3 is 0 Å². The van der Waals surface area contributed by atoms with Crippen molar-refractivity contribution in [3.05, 3.63) is 65.9 Å². The maximum absolute atomic E-state index is 12.7. The summed E-state index contributed by atoms with van der Waals surface area (Å²) in [5.74, 6) is -0.0607. The first-order chi connectivity index (χ1) is 11.3. The number of amides is 1. The molecule has 4 heteroatoms. The molecule has 1 aromatic heterocycles. The SMILES string of the molecule is O=C1C(=Cc2ccc3[nH]ccc3c2)c2ccccc2N1CCO. The molecule has 1 amide bonds. The van der Waals surface area contributed by atoms with E-state index in [4.69, 9.17) is 0 Å². The van der Waals surface area contributed by atoms with E-state index in [9.17, 15) is 9.90 Å². The lowest BCUT2D eigenvalue weighted by molar-refractivity contribution is -0.113. The Morgan fingerprint density at radius 3 is 2.87 bits per heavy atom. The van der Waals surface area contributed by atoms with Gasteiger partial charge in [0, 0.05) is 29.4 Å². The summed E-state index contributed by atoms with van der Waals surface area (Å²) in [5, 5.41) is 10.3. The minimum atomic E-state index is -0.0607. The molecule has 3 aromatic rings. The maximum Gasteiger partial charge on any atom is 0.259 e. The van der Waals surface area contributed by atoms with Gasteiger partial charge in [-0.05, 0) is 41.3 Å². The van der Waals surface area contributed by atoms with Crippen molar-refractivity contribution in [3.8, 4) is 0 Å². The predicted molar refractivity (Wildman–Crippen MR) is 92.1 cm³/mol. The number of β-amino-alcohol motifs (C(OH)–C–C–N with tert-alkyl or cyclic N) is 1. The third-order valence-electron chi connectivity index (χ3n) is 4.17. The Morgan fingerprint density at radius 1 is 1.13 bits per heavy atom. The van der Waals surface area contributed by atoms with Gasteiger partial charge in [0.2, 0.25) is 0 Å². The fourth-order valence-corrected chi connectivity index (χ4v) is 3.10. The lowest BCUT2D eigenvalue weighted by Crippen LogP contribution is -2.29.